The molecule has 5 rings (SSSR count). The summed E-state index contributed by atoms with van der Waals surface area (Å²) < 4.78 is 2.10. The van der Waals surface area contributed by atoms with Gasteiger partial charge in [0, 0.05) is 28.3 Å². The molecule has 0 atom stereocenters. The summed E-state index contributed by atoms with van der Waals surface area (Å²) in [7, 11) is 0. The highest BCUT2D eigenvalue weighted by Crippen LogP contribution is 2.30. The normalized spacial score (nSPS) is 10.8. The van der Waals surface area contributed by atoms with Gasteiger partial charge in [-0.25, -0.2) is 0 Å². The van der Waals surface area contributed by atoms with Gasteiger partial charge in [-0.3, -0.25) is 9.36 Å². The highest BCUT2D eigenvalue weighted by molar-refractivity contribution is 7.98. The highest BCUT2D eigenvalue weighted by Gasteiger charge is 2.16. The van der Waals surface area contributed by atoms with Gasteiger partial charge in [0.1, 0.15) is 0 Å². The van der Waals surface area contributed by atoms with Gasteiger partial charge >= 0.3 is 0 Å². The van der Waals surface area contributed by atoms with Crippen LogP contribution in [0.2, 0.25) is 0 Å². The summed E-state index contributed by atoms with van der Waals surface area (Å²) in [6.45, 7) is 4.06. The molecule has 1 N–H and O–H groups in total. The van der Waals surface area contributed by atoms with E-state index < -0.39 is 0 Å². The van der Waals surface area contributed by atoms with E-state index in [9.17, 15) is 4.79 Å². The molecule has 0 bridgehead atoms. The molecule has 36 heavy (non-hydrogen) atoms. The Kier molecular flexibility index (Phi) is 6.96. The van der Waals surface area contributed by atoms with Crippen LogP contribution in [0.4, 0.5) is 5.69 Å². The lowest BCUT2D eigenvalue weighted by atomic mass is 10.1. The van der Waals surface area contributed by atoms with Crippen LogP contribution < -0.4 is 5.32 Å². The van der Waals surface area contributed by atoms with Gasteiger partial charge in [-0.1, -0.05) is 90.1 Å². The molecule has 6 heteroatoms. The molecule has 0 saturated heterocycles. The van der Waals surface area contributed by atoms with E-state index in [0.717, 1.165) is 39.0 Å². The Hall–Kier alpha value is -4.16. The average molecular weight is 491 g/mol. The van der Waals surface area contributed by atoms with Gasteiger partial charge in [-0.2, -0.15) is 0 Å². The van der Waals surface area contributed by atoms with Gasteiger partial charge in [0.2, 0.25) is 0 Å². The minimum Gasteiger partial charge on any atom is -0.322 e. The molecule has 1 heterocycles. The second kappa shape index (κ2) is 10.6. The topological polar surface area (TPSA) is 59.8 Å². The van der Waals surface area contributed by atoms with Crippen LogP contribution in [-0.2, 0) is 5.75 Å². The average Bonchev–Trinajstić information content (AvgIpc) is 3.34. The molecule has 0 unspecified atom stereocenters. The number of para-hydroxylation sites is 1. The molecule has 0 aliphatic rings. The fraction of sp³-hybridized carbons (Fsp3) is 0.100. The van der Waals surface area contributed by atoms with Crippen LogP contribution in [0.25, 0.3) is 17.1 Å². The lowest BCUT2D eigenvalue weighted by molar-refractivity contribution is 0.102. The first-order valence-corrected chi connectivity index (χ1v) is 12.7. The first kappa shape index (κ1) is 23.6. The number of carbonyl (C=O) groups excluding carboxylic acids is 1. The maximum atomic E-state index is 12.7. The van der Waals surface area contributed by atoms with Crippen molar-refractivity contribution in [3.63, 3.8) is 0 Å². The van der Waals surface area contributed by atoms with E-state index in [2.05, 4.69) is 51.3 Å². The number of anilines is 1. The fourth-order valence-corrected chi connectivity index (χ4v) is 4.78. The number of nitrogens with zero attached hydrogens (tertiary/aromatic N) is 3. The first-order valence-electron chi connectivity index (χ1n) is 11.7. The van der Waals surface area contributed by atoms with Crippen LogP contribution in [0.1, 0.15) is 27.0 Å². The van der Waals surface area contributed by atoms with Gasteiger partial charge in [0.05, 0.1) is 0 Å². The Bertz CT molecular complexity index is 1480. The molecule has 1 amide bonds. The SMILES string of the molecule is Cc1ccc(-n2c(SCc3ccc(C(=O)Nc4ccccc4C)cc3)nnc2-c2ccccc2)cc1. The third kappa shape index (κ3) is 5.24. The number of rotatable bonds is 7. The van der Waals surface area contributed by atoms with Gasteiger partial charge in [0.25, 0.3) is 5.91 Å². The highest BCUT2D eigenvalue weighted by atomic mass is 32.2. The van der Waals surface area contributed by atoms with Crippen LogP contribution >= 0.6 is 11.8 Å². The van der Waals surface area contributed by atoms with E-state index in [1.807, 2.05) is 85.8 Å². The van der Waals surface area contributed by atoms with E-state index in [-0.39, 0.29) is 5.91 Å². The molecule has 1 aromatic heterocycles. The second-order valence-electron chi connectivity index (χ2n) is 8.60. The summed E-state index contributed by atoms with van der Waals surface area (Å²) in [5, 5.41) is 12.8. The maximum absolute atomic E-state index is 12.7. The van der Waals surface area contributed by atoms with Crippen LogP contribution in [0, 0.1) is 13.8 Å². The Morgan fingerprint density at radius 3 is 2.22 bits per heavy atom. The standard InChI is InChI=1S/C30H26N4OS/c1-21-12-18-26(19-13-21)34-28(24-9-4-3-5-10-24)32-33-30(34)36-20-23-14-16-25(17-15-23)29(35)31-27-11-7-6-8-22(27)2/h3-19H,20H2,1-2H3,(H,31,35). The molecule has 0 spiro atoms. The minimum absolute atomic E-state index is 0.116. The summed E-state index contributed by atoms with van der Waals surface area (Å²) in [6, 6.07) is 34.0. The van der Waals surface area contributed by atoms with Gasteiger partial charge in [-0.05, 0) is 55.3 Å². The van der Waals surface area contributed by atoms with Crippen molar-refractivity contribution in [1.29, 1.82) is 0 Å². The van der Waals surface area contributed by atoms with Crippen LogP contribution in [-0.4, -0.2) is 20.7 Å². The lowest BCUT2D eigenvalue weighted by Crippen LogP contribution is -2.12. The summed E-state index contributed by atoms with van der Waals surface area (Å²) in [6.07, 6.45) is 0. The second-order valence-corrected chi connectivity index (χ2v) is 9.54. The third-order valence-electron chi connectivity index (χ3n) is 5.93. The predicted octanol–water partition coefficient (Wildman–Crippen LogP) is 7.10. The quantitative estimate of drug-likeness (QED) is 0.247. The molecule has 4 aromatic carbocycles. The number of hydrogen-bond acceptors (Lipinski definition) is 4. The van der Waals surface area contributed by atoms with E-state index in [1.54, 1.807) is 11.8 Å². The van der Waals surface area contributed by atoms with Crippen molar-refractivity contribution < 1.29 is 4.79 Å². The van der Waals surface area contributed by atoms with Crippen molar-refractivity contribution in [2.45, 2.75) is 24.8 Å². The van der Waals surface area contributed by atoms with Crippen LogP contribution in [0.3, 0.4) is 0 Å². The molecular weight excluding hydrogens is 464 g/mol. The van der Waals surface area contributed by atoms with E-state index in [0.29, 0.717) is 11.3 Å². The van der Waals surface area contributed by atoms with E-state index in [1.165, 1.54) is 5.56 Å². The Morgan fingerprint density at radius 1 is 0.806 bits per heavy atom. The predicted molar refractivity (Wildman–Crippen MR) is 147 cm³/mol. The van der Waals surface area contributed by atoms with E-state index in [4.69, 9.17) is 0 Å². The van der Waals surface area contributed by atoms with Crippen LogP contribution in [0.5, 0.6) is 0 Å². The molecule has 0 aliphatic heterocycles. The summed E-state index contributed by atoms with van der Waals surface area (Å²) >= 11 is 1.62. The number of benzene rings is 4. The Morgan fingerprint density at radius 2 is 1.50 bits per heavy atom. The maximum Gasteiger partial charge on any atom is 0.255 e. The molecule has 5 aromatic rings. The monoisotopic (exact) mass is 490 g/mol. The Labute approximate surface area is 215 Å². The number of carbonyl (C=O) groups is 1. The first-order chi connectivity index (χ1) is 17.6. The number of thioether (sulfide) groups is 1. The van der Waals surface area contributed by atoms with Crippen molar-refractivity contribution in [3.05, 3.63) is 125 Å². The third-order valence-corrected chi connectivity index (χ3v) is 6.93. The van der Waals surface area contributed by atoms with Crippen molar-refractivity contribution >= 4 is 23.4 Å². The number of hydrogen-bond donors (Lipinski definition) is 1. The van der Waals surface area contributed by atoms with Crippen molar-refractivity contribution in [3.8, 4) is 17.1 Å². The molecule has 0 saturated carbocycles. The zero-order chi connectivity index (χ0) is 24.9. The summed E-state index contributed by atoms with van der Waals surface area (Å²) in [5.41, 5.74) is 6.83. The molecule has 178 valence electrons. The zero-order valence-electron chi connectivity index (χ0n) is 20.2. The molecule has 0 aliphatic carbocycles. The van der Waals surface area contributed by atoms with Crippen molar-refractivity contribution in [2.24, 2.45) is 0 Å². The van der Waals surface area contributed by atoms with Gasteiger partial charge in [-0.15, -0.1) is 10.2 Å². The van der Waals surface area contributed by atoms with Gasteiger partial charge < -0.3 is 5.32 Å². The molecular formula is C30H26N4OS. The van der Waals surface area contributed by atoms with Crippen molar-refractivity contribution in [1.82, 2.24) is 14.8 Å². The number of amides is 1. The van der Waals surface area contributed by atoms with Crippen LogP contribution in [0.15, 0.2) is 108 Å². The molecule has 0 fully saturated rings. The summed E-state index contributed by atoms with van der Waals surface area (Å²) in [4.78, 5) is 12.7. The number of aryl methyl sites for hydroxylation is 2. The van der Waals surface area contributed by atoms with E-state index >= 15 is 0 Å². The zero-order valence-corrected chi connectivity index (χ0v) is 21.0. The summed E-state index contributed by atoms with van der Waals surface area (Å²) in [5.74, 6) is 1.40. The van der Waals surface area contributed by atoms with Gasteiger partial charge in [0.15, 0.2) is 11.0 Å². The smallest absolute Gasteiger partial charge is 0.255 e. The molecule has 0 radical (unpaired) electrons. The number of aromatic nitrogens is 3. The minimum atomic E-state index is -0.116. The fourth-order valence-electron chi connectivity index (χ4n) is 3.87. The largest absolute Gasteiger partial charge is 0.322 e. The Balaban J connectivity index is 1.34. The molecule has 5 nitrogen and oxygen atoms in total. The number of nitrogens with one attached hydrogen (secondary N) is 1. The lowest BCUT2D eigenvalue weighted by Gasteiger charge is -2.11. The van der Waals surface area contributed by atoms with Crippen molar-refractivity contribution in [2.75, 3.05) is 5.32 Å².